The second-order valence-corrected chi connectivity index (χ2v) is 7.32. The van der Waals surface area contributed by atoms with Gasteiger partial charge in [-0.2, -0.15) is 0 Å². The molecule has 1 atom stereocenters. The van der Waals surface area contributed by atoms with Gasteiger partial charge >= 0.3 is 12.3 Å². The average Bonchev–Trinajstić information content (AvgIpc) is 3.15. The van der Waals surface area contributed by atoms with Crippen LogP contribution in [0.4, 0.5) is 18.2 Å². The van der Waals surface area contributed by atoms with Crippen molar-refractivity contribution in [1.82, 2.24) is 0 Å². The molecule has 3 rings (SSSR count). The fourth-order valence-electron chi connectivity index (χ4n) is 2.65. The first-order valence-electron chi connectivity index (χ1n) is 8.71. The zero-order chi connectivity index (χ0) is 21.9. The van der Waals surface area contributed by atoms with E-state index in [1.54, 1.807) is 42.6 Å². The van der Waals surface area contributed by atoms with Crippen LogP contribution in [0.1, 0.15) is 28.8 Å². The second kappa shape index (κ2) is 8.58. The first-order chi connectivity index (χ1) is 14.1. The Morgan fingerprint density at radius 2 is 1.67 bits per heavy atom. The number of anilines is 1. The summed E-state index contributed by atoms with van der Waals surface area (Å²) in [6, 6.07) is 13.4. The summed E-state index contributed by atoms with van der Waals surface area (Å²) in [5.74, 6) is -2.28. The molecule has 3 aromatic rings. The minimum absolute atomic E-state index is 0.310. The van der Waals surface area contributed by atoms with Gasteiger partial charge < -0.3 is 15.2 Å². The smallest absolute Gasteiger partial charge is 0.481 e. The molecular weight excluding hydrogens is 419 g/mol. The molecule has 5 nitrogen and oxygen atoms in total. The van der Waals surface area contributed by atoms with Crippen molar-refractivity contribution in [2.45, 2.75) is 19.2 Å². The van der Waals surface area contributed by atoms with Gasteiger partial charge in [-0.1, -0.05) is 24.3 Å². The molecule has 0 saturated heterocycles. The van der Waals surface area contributed by atoms with E-state index in [0.717, 1.165) is 5.56 Å². The molecule has 0 spiro atoms. The minimum atomic E-state index is -4.74. The van der Waals surface area contributed by atoms with Gasteiger partial charge in [-0.3, -0.25) is 9.59 Å². The van der Waals surface area contributed by atoms with Crippen LogP contribution in [0.15, 0.2) is 60.0 Å². The SMILES string of the molecule is C[C@H](C(=O)O)c1ccc(C(=O)Nc2cc(-c3ccc(OC(F)(F)F)cc3)cs2)cc1. The van der Waals surface area contributed by atoms with Crippen LogP contribution in [-0.4, -0.2) is 23.3 Å². The Morgan fingerprint density at radius 1 is 1.03 bits per heavy atom. The Labute approximate surface area is 173 Å². The van der Waals surface area contributed by atoms with Gasteiger partial charge in [0.2, 0.25) is 0 Å². The number of rotatable bonds is 6. The van der Waals surface area contributed by atoms with Crippen LogP contribution in [0.2, 0.25) is 0 Å². The fraction of sp³-hybridized carbons (Fsp3) is 0.143. The Balaban J connectivity index is 1.66. The van der Waals surface area contributed by atoms with Crippen LogP contribution in [0.25, 0.3) is 11.1 Å². The largest absolute Gasteiger partial charge is 0.573 e. The summed E-state index contributed by atoms with van der Waals surface area (Å²) in [5, 5.41) is 14.1. The van der Waals surface area contributed by atoms with Gasteiger partial charge in [0.05, 0.1) is 10.9 Å². The number of ether oxygens (including phenoxy) is 1. The Morgan fingerprint density at radius 3 is 2.23 bits per heavy atom. The van der Waals surface area contributed by atoms with Gasteiger partial charge in [-0.05, 0) is 53.9 Å². The normalized spacial score (nSPS) is 12.3. The van der Waals surface area contributed by atoms with E-state index in [1.807, 2.05) is 0 Å². The number of amides is 1. The lowest BCUT2D eigenvalue weighted by atomic mass is 10.00. The molecule has 0 radical (unpaired) electrons. The van der Waals surface area contributed by atoms with Crippen molar-refractivity contribution in [2.24, 2.45) is 0 Å². The number of hydrogen-bond acceptors (Lipinski definition) is 4. The summed E-state index contributed by atoms with van der Waals surface area (Å²) < 4.78 is 40.6. The number of hydrogen-bond donors (Lipinski definition) is 2. The Kier molecular flexibility index (Phi) is 6.12. The van der Waals surface area contributed by atoms with E-state index in [4.69, 9.17) is 5.11 Å². The third kappa shape index (κ3) is 5.38. The lowest BCUT2D eigenvalue weighted by Crippen LogP contribution is -2.16. The summed E-state index contributed by atoms with van der Waals surface area (Å²) in [7, 11) is 0. The number of carbonyl (C=O) groups excluding carboxylic acids is 1. The Bertz CT molecular complexity index is 1040. The first kappa shape index (κ1) is 21.4. The first-order valence-corrected chi connectivity index (χ1v) is 9.59. The molecule has 0 fully saturated rings. The average molecular weight is 435 g/mol. The number of carbonyl (C=O) groups is 2. The maximum absolute atomic E-state index is 12.4. The van der Waals surface area contributed by atoms with Crippen LogP contribution in [0.5, 0.6) is 5.75 Å². The molecule has 2 N–H and O–H groups in total. The molecule has 1 aromatic heterocycles. The highest BCUT2D eigenvalue weighted by Crippen LogP contribution is 2.31. The Hall–Kier alpha value is -3.33. The van der Waals surface area contributed by atoms with E-state index in [9.17, 15) is 22.8 Å². The third-order valence-corrected chi connectivity index (χ3v) is 5.15. The number of alkyl halides is 3. The number of carboxylic acids is 1. The number of carboxylic acid groups (broad SMARTS) is 1. The monoisotopic (exact) mass is 435 g/mol. The van der Waals surface area contributed by atoms with Crippen LogP contribution >= 0.6 is 11.3 Å². The molecule has 0 unspecified atom stereocenters. The van der Waals surface area contributed by atoms with Gasteiger partial charge in [0.25, 0.3) is 5.91 Å². The quantitative estimate of drug-likeness (QED) is 0.517. The number of benzene rings is 2. The summed E-state index contributed by atoms with van der Waals surface area (Å²) >= 11 is 1.27. The van der Waals surface area contributed by atoms with Crippen molar-refractivity contribution in [3.63, 3.8) is 0 Å². The third-order valence-electron chi connectivity index (χ3n) is 4.30. The molecule has 0 aliphatic rings. The molecule has 156 valence electrons. The summed E-state index contributed by atoms with van der Waals surface area (Å²) in [6.45, 7) is 1.56. The maximum Gasteiger partial charge on any atom is 0.573 e. The van der Waals surface area contributed by atoms with E-state index < -0.39 is 18.2 Å². The molecule has 0 saturated carbocycles. The van der Waals surface area contributed by atoms with E-state index in [1.165, 1.54) is 35.6 Å². The second-order valence-electron chi connectivity index (χ2n) is 6.41. The highest BCUT2D eigenvalue weighted by Gasteiger charge is 2.31. The van der Waals surface area contributed by atoms with Crippen molar-refractivity contribution >= 4 is 28.2 Å². The standard InChI is InChI=1S/C21H16F3NO4S/c1-12(20(27)28)13-2-4-15(5-3-13)19(26)25-18-10-16(11-30-18)14-6-8-17(9-7-14)29-21(22,23)24/h2-12H,1H3,(H,25,26)(H,27,28)/t12-/m0/s1. The minimum Gasteiger partial charge on any atom is -0.481 e. The van der Waals surface area contributed by atoms with Gasteiger partial charge in [0.15, 0.2) is 0 Å². The van der Waals surface area contributed by atoms with Crippen LogP contribution in [0, 0.1) is 0 Å². The molecule has 30 heavy (non-hydrogen) atoms. The molecule has 1 amide bonds. The van der Waals surface area contributed by atoms with Gasteiger partial charge in [0, 0.05) is 10.9 Å². The highest BCUT2D eigenvalue weighted by atomic mass is 32.1. The van der Waals surface area contributed by atoms with Crippen molar-refractivity contribution in [1.29, 1.82) is 0 Å². The molecule has 9 heteroatoms. The van der Waals surface area contributed by atoms with Crippen molar-refractivity contribution in [3.8, 4) is 16.9 Å². The predicted octanol–water partition coefficient (Wildman–Crippen LogP) is 5.75. The molecule has 0 aliphatic heterocycles. The van der Waals surface area contributed by atoms with Crippen molar-refractivity contribution in [3.05, 3.63) is 71.1 Å². The van der Waals surface area contributed by atoms with Gasteiger partial charge in [0.1, 0.15) is 5.75 Å². The lowest BCUT2D eigenvalue weighted by molar-refractivity contribution is -0.274. The molecule has 1 heterocycles. The van der Waals surface area contributed by atoms with Crippen molar-refractivity contribution < 1.29 is 32.6 Å². The molecule has 2 aromatic carbocycles. The fourth-order valence-corrected chi connectivity index (χ4v) is 3.46. The number of thiophene rings is 1. The molecular formula is C21H16F3NO4S. The van der Waals surface area contributed by atoms with Gasteiger partial charge in [-0.15, -0.1) is 24.5 Å². The zero-order valence-corrected chi connectivity index (χ0v) is 16.4. The zero-order valence-electron chi connectivity index (χ0n) is 15.6. The summed E-state index contributed by atoms with van der Waals surface area (Å²) in [4.78, 5) is 23.4. The van der Waals surface area contributed by atoms with Crippen LogP contribution in [-0.2, 0) is 4.79 Å². The van der Waals surface area contributed by atoms with E-state index in [-0.39, 0.29) is 11.7 Å². The van der Waals surface area contributed by atoms with Crippen LogP contribution < -0.4 is 10.1 Å². The lowest BCUT2D eigenvalue weighted by Gasteiger charge is -2.09. The molecule has 0 bridgehead atoms. The van der Waals surface area contributed by atoms with Crippen molar-refractivity contribution in [2.75, 3.05) is 5.32 Å². The summed E-state index contributed by atoms with van der Waals surface area (Å²) in [5.41, 5.74) is 2.38. The van der Waals surface area contributed by atoms with E-state index >= 15 is 0 Å². The number of nitrogens with one attached hydrogen (secondary N) is 1. The maximum atomic E-state index is 12.4. The predicted molar refractivity (Wildman–Crippen MR) is 107 cm³/mol. The topological polar surface area (TPSA) is 75.6 Å². The highest BCUT2D eigenvalue weighted by molar-refractivity contribution is 7.14. The summed E-state index contributed by atoms with van der Waals surface area (Å²) in [6.07, 6.45) is -4.74. The number of halogens is 3. The van der Waals surface area contributed by atoms with E-state index in [0.29, 0.717) is 21.7 Å². The number of aliphatic carboxylic acids is 1. The van der Waals surface area contributed by atoms with E-state index in [2.05, 4.69) is 10.1 Å². The van der Waals surface area contributed by atoms with Crippen LogP contribution in [0.3, 0.4) is 0 Å². The molecule has 0 aliphatic carbocycles. The van der Waals surface area contributed by atoms with Gasteiger partial charge in [-0.25, -0.2) is 0 Å².